The fraction of sp³-hybridized carbons (Fsp3) is 0.222. The van der Waals surface area contributed by atoms with Gasteiger partial charge in [0.05, 0.1) is 17.0 Å². The van der Waals surface area contributed by atoms with E-state index in [0.29, 0.717) is 23.5 Å². The van der Waals surface area contributed by atoms with Crippen molar-refractivity contribution >= 4 is 17.8 Å². The first-order chi connectivity index (χ1) is 11.0. The third-order valence-corrected chi connectivity index (χ3v) is 3.74. The van der Waals surface area contributed by atoms with Crippen LogP contribution in [0.25, 0.3) is 0 Å². The number of halogens is 1. The zero-order chi connectivity index (χ0) is 16.9. The van der Waals surface area contributed by atoms with E-state index < -0.39 is 11.4 Å². The summed E-state index contributed by atoms with van der Waals surface area (Å²) in [6.45, 7) is 3.69. The first kappa shape index (κ1) is 16.9. The van der Waals surface area contributed by atoms with Crippen LogP contribution in [-0.4, -0.2) is 5.97 Å². The van der Waals surface area contributed by atoms with Crippen LogP contribution in [-0.2, 0) is 21.1 Å². The molecule has 0 saturated carbocycles. The second-order valence-electron chi connectivity index (χ2n) is 5.59. The fourth-order valence-electron chi connectivity index (χ4n) is 2.16. The average molecular weight is 330 g/mol. The van der Waals surface area contributed by atoms with Gasteiger partial charge in [-0.15, -0.1) is 0 Å². The van der Waals surface area contributed by atoms with Crippen molar-refractivity contribution in [1.29, 1.82) is 5.26 Å². The molecular weight excluding hydrogens is 314 g/mol. The van der Waals surface area contributed by atoms with E-state index >= 15 is 0 Å². The lowest BCUT2D eigenvalue weighted by Crippen LogP contribution is -2.30. The summed E-state index contributed by atoms with van der Waals surface area (Å²) >= 11 is 5.23. The maximum Gasteiger partial charge on any atom is 0.334 e. The number of carbonyl (C=O) groups excluding carboxylic acids is 1. The summed E-state index contributed by atoms with van der Waals surface area (Å²) < 4.78 is 10.2. The number of benzene rings is 2. The number of carbonyl (C=O) groups is 1. The number of nitriles is 1. The Morgan fingerprint density at radius 3 is 2.52 bits per heavy atom. The molecule has 0 aliphatic carbocycles. The Kier molecular flexibility index (Phi) is 5.25. The van der Waals surface area contributed by atoms with Gasteiger partial charge in [0.25, 0.3) is 0 Å². The molecule has 0 atom stereocenters. The third-order valence-electron chi connectivity index (χ3n) is 3.60. The second kappa shape index (κ2) is 7.17. The molecule has 0 N–H and O–H groups in total. The summed E-state index contributed by atoms with van der Waals surface area (Å²) in [5.41, 5.74) is 0.946. The van der Waals surface area contributed by atoms with Crippen LogP contribution in [0.1, 0.15) is 30.5 Å². The minimum Gasteiger partial charge on any atom is -0.489 e. The van der Waals surface area contributed by atoms with E-state index in [9.17, 15) is 4.79 Å². The van der Waals surface area contributed by atoms with Crippen molar-refractivity contribution in [2.75, 3.05) is 0 Å². The van der Waals surface area contributed by atoms with Gasteiger partial charge in [0.1, 0.15) is 24.2 Å². The molecule has 5 heteroatoms. The molecule has 0 fully saturated rings. The van der Waals surface area contributed by atoms with Gasteiger partial charge in [-0.25, -0.2) is 4.79 Å². The summed E-state index contributed by atoms with van der Waals surface area (Å²) in [7, 11) is 0. The van der Waals surface area contributed by atoms with Crippen LogP contribution in [0.3, 0.4) is 0 Å². The van der Waals surface area contributed by atoms with Gasteiger partial charge in [-0.2, -0.15) is 5.26 Å². The van der Waals surface area contributed by atoms with E-state index in [2.05, 4.69) is 10.4 Å². The average Bonchev–Trinajstić information content (AvgIpc) is 2.59. The molecule has 118 valence electrons. The maximum atomic E-state index is 12.0. The SMILES string of the molecule is CC(C)(C(=O)OCl)c1cc(C#N)ccc1OCc1ccccc1. The van der Waals surface area contributed by atoms with Gasteiger partial charge < -0.3 is 9.03 Å². The first-order valence-electron chi connectivity index (χ1n) is 7.03. The normalized spacial score (nSPS) is 10.7. The van der Waals surface area contributed by atoms with Crippen LogP contribution in [0, 0.1) is 11.3 Å². The Morgan fingerprint density at radius 2 is 1.91 bits per heavy atom. The molecule has 4 nitrogen and oxygen atoms in total. The smallest absolute Gasteiger partial charge is 0.334 e. The molecule has 0 heterocycles. The van der Waals surface area contributed by atoms with Crippen molar-refractivity contribution in [3.05, 3.63) is 65.2 Å². The van der Waals surface area contributed by atoms with Crippen molar-refractivity contribution in [3.8, 4) is 11.8 Å². The molecule has 0 aromatic heterocycles. The summed E-state index contributed by atoms with van der Waals surface area (Å²) in [4.78, 5) is 12.0. The van der Waals surface area contributed by atoms with Gasteiger partial charge in [-0.3, -0.25) is 0 Å². The Balaban J connectivity index is 2.36. The Bertz CT molecular complexity index is 736. The van der Waals surface area contributed by atoms with Crippen LogP contribution >= 0.6 is 11.9 Å². The van der Waals surface area contributed by atoms with Crippen LogP contribution in [0.2, 0.25) is 0 Å². The third kappa shape index (κ3) is 3.82. The van der Waals surface area contributed by atoms with E-state index in [-0.39, 0.29) is 0 Å². The summed E-state index contributed by atoms with van der Waals surface area (Å²) in [5, 5.41) is 9.09. The van der Waals surface area contributed by atoms with E-state index in [4.69, 9.17) is 21.9 Å². The van der Waals surface area contributed by atoms with Crippen molar-refractivity contribution in [1.82, 2.24) is 0 Å². The molecule has 0 unspecified atom stereocenters. The van der Waals surface area contributed by atoms with Gasteiger partial charge >= 0.3 is 5.97 Å². The fourth-order valence-corrected chi connectivity index (χ4v) is 2.35. The highest BCUT2D eigenvalue weighted by Crippen LogP contribution is 2.34. The number of rotatable bonds is 5. The number of ether oxygens (including phenoxy) is 1. The van der Waals surface area contributed by atoms with Gasteiger partial charge in [0, 0.05) is 5.56 Å². The lowest BCUT2D eigenvalue weighted by atomic mass is 9.83. The zero-order valence-electron chi connectivity index (χ0n) is 12.9. The maximum absolute atomic E-state index is 12.0. The number of hydrogen-bond acceptors (Lipinski definition) is 4. The molecule has 0 saturated heterocycles. The van der Waals surface area contributed by atoms with Gasteiger partial charge in [-0.05, 0) is 37.6 Å². The van der Waals surface area contributed by atoms with E-state index in [1.807, 2.05) is 30.3 Å². The molecule has 2 aromatic rings. The van der Waals surface area contributed by atoms with Crippen LogP contribution in [0.5, 0.6) is 5.75 Å². The Morgan fingerprint density at radius 1 is 1.22 bits per heavy atom. The number of hydrogen-bond donors (Lipinski definition) is 0. The predicted octanol–water partition coefficient (Wildman–Crippen LogP) is 4.11. The summed E-state index contributed by atoms with van der Waals surface area (Å²) in [6, 6.07) is 16.7. The first-order valence-corrected chi connectivity index (χ1v) is 7.34. The van der Waals surface area contributed by atoms with E-state index in [0.717, 1.165) is 5.56 Å². The van der Waals surface area contributed by atoms with Crippen molar-refractivity contribution in [2.45, 2.75) is 25.9 Å². The minimum absolute atomic E-state index is 0.353. The quantitative estimate of drug-likeness (QED) is 0.828. The standard InChI is InChI=1S/C18H16ClNO3/c1-18(2,17(21)23-19)15-10-14(11-20)8-9-16(15)22-12-13-6-4-3-5-7-13/h3-10H,12H2,1-2H3. The molecule has 0 spiro atoms. The van der Waals surface area contributed by atoms with E-state index in [1.54, 1.807) is 32.0 Å². The lowest BCUT2D eigenvalue weighted by Gasteiger charge is -2.24. The molecule has 23 heavy (non-hydrogen) atoms. The minimum atomic E-state index is -1.04. The Hall–Kier alpha value is -2.51. The molecule has 2 aromatic carbocycles. The lowest BCUT2D eigenvalue weighted by molar-refractivity contribution is -0.139. The van der Waals surface area contributed by atoms with E-state index in [1.165, 1.54) is 0 Å². The highest BCUT2D eigenvalue weighted by atomic mass is 35.5. The molecule has 0 aliphatic rings. The molecular formula is C18H16ClNO3. The van der Waals surface area contributed by atoms with Gasteiger partial charge in [0.2, 0.25) is 0 Å². The largest absolute Gasteiger partial charge is 0.489 e. The highest BCUT2D eigenvalue weighted by molar-refractivity contribution is 6.14. The van der Waals surface area contributed by atoms with Crippen LogP contribution in [0.4, 0.5) is 0 Å². The molecule has 0 aliphatic heterocycles. The number of nitrogens with zero attached hydrogens (tertiary/aromatic N) is 1. The van der Waals surface area contributed by atoms with Crippen LogP contribution in [0.15, 0.2) is 48.5 Å². The zero-order valence-corrected chi connectivity index (χ0v) is 13.6. The summed E-state index contributed by atoms with van der Waals surface area (Å²) in [5.74, 6) is -0.0984. The van der Waals surface area contributed by atoms with Gasteiger partial charge in [0.15, 0.2) is 0 Å². The van der Waals surface area contributed by atoms with Crippen molar-refractivity contribution < 1.29 is 13.8 Å². The monoisotopic (exact) mass is 329 g/mol. The molecule has 2 rings (SSSR count). The van der Waals surface area contributed by atoms with Gasteiger partial charge in [-0.1, -0.05) is 30.3 Å². The topological polar surface area (TPSA) is 59.3 Å². The van der Waals surface area contributed by atoms with Crippen molar-refractivity contribution in [3.63, 3.8) is 0 Å². The summed E-state index contributed by atoms with van der Waals surface area (Å²) in [6.07, 6.45) is 0. The Labute approximate surface area is 140 Å². The predicted molar refractivity (Wildman–Crippen MR) is 86.9 cm³/mol. The molecule has 0 amide bonds. The highest BCUT2D eigenvalue weighted by Gasteiger charge is 2.35. The van der Waals surface area contributed by atoms with Crippen LogP contribution < -0.4 is 4.74 Å². The molecule has 0 bridgehead atoms. The second-order valence-corrected chi connectivity index (χ2v) is 5.74. The van der Waals surface area contributed by atoms with Crippen molar-refractivity contribution in [2.24, 2.45) is 0 Å². The molecule has 0 radical (unpaired) electrons.